The molecule has 0 unspecified atom stereocenters. The number of hydrogen-bond donors (Lipinski definition) is 2. The predicted octanol–water partition coefficient (Wildman–Crippen LogP) is 2.84. The number of ether oxygens (including phenoxy) is 2. The van der Waals surface area contributed by atoms with Gasteiger partial charge in [-0.1, -0.05) is 0 Å². The van der Waals surface area contributed by atoms with Gasteiger partial charge in [0.05, 0.1) is 0 Å². The first-order chi connectivity index (χ1) is 11.9. The normalized spacial score (nSPS) is 16.0. The summed E-state index contributed by atoms with van der Waals surface area (Å²) in [5.74, 6) is 1.36. The van der Waals surface area contributed by atoms with Crippen molar-refractivity contribution >= 4 is 36.0 Å². The van der Waals surface area contributed by atoms with Crippen molar-refractivity contribution in [3.63, 3.8) is 0 Å². The topological polar surface area (TPSA) is 75.2 Å². The van der Waals surface area contributed by atoms with E-state index >= 15 is 0 Å². The van der Waals surface area contributed by atoms with E-state index in [0.717, 1.165) is 64.6 Å². The Morgan fingerprint density at radius 3 is 2.42 bits per heavy atom. The Balaban J connectivity index is 0.00000625. The number of aliphatic imine (C=N–C) groups is 1. The molecule has 0 aromatic rings. The number of nitrogens with zero attached hydrogens (tertiary/aromatic N) is 2. The van der Waals surface area contributed by atoms with Crippen LogP contribution in [0.15, 0.2) is 4.99 Å². The maximum Gasteiger partial charge on any atom is 0.410 e. The van der Waals surface area contributed by atoms with Crippen LogP contribution in [-0.4, -0.2) is 69.0 Å². The van der Waals surface area contributed by atoms with Crippen LogP contribution < -0.4 is 10.6 Å². The second kappa shape index (κ2) is 13.4. The van der Waals surface area contributed by atoms with Gasteiger partial charge in [0, 0.05) is 46.4 Å². The minimum Gasteiger partial charge on any atom is -0.444 e. The first-order valence-electron chi connectivity index (χ1n) is 9.34. The minimum atomic E-state index is -0.437. The number of carbonyl (C=O) groups is 1. The van der Waals surface area contributed by atoms with Gasteiger partial charge in [-0.3, -0.25) is 4.99 Å². The Morgan fingerprint density at radius 2 is 1.88 bits per heavy atom. The molecule has 0 aromatic heterocycles. The third kappa shape index (κ3) is 11.1. The molecule has 1 aliphatic heterocycles. The van der Waals surface area contributed by atoms with E-state index in [0.29, 0.717) is 5.92 Å². The zero-order valence-corrected chi connectivity index (χ0v) is 19.3. The largest absolute Gasteiger partial charge is 0.444 e. The molecule has 1 heterocycles. The average Bonchev–Trinajstić information content (AvgIpc) is 2.55. The van der Waals surface area contributed by atoms with E-state index in [1.165, 1.54) is 0 Å². The van der Waals surface area contributed by atoms with Crippen LogP contribution in [0.25, 0.3) is 0 Å². The molecule has 1 amide bonds. The zero-order valence-electron chi connectivity index (χ0n) is 17.0. The van der Waals surface area contributed by atoms with Crippen LogP contribution in [0.2, 0.25) is 0 Å². The molecule has 1 aliphatic rings. The highest BCUT2D eigenvalue weighted by atomic mass is 127. The Bertz CT molecular complexity index is 419. The number of hydrogen-bond acceptors (Lipinski definition) is 4. The van der Waals surface area contributed by atoms with E-state index in [-0.39, 0.29) is 30.1 Å². The highest BCUT2D eigenvalue weighted by Gasteiger charge is 2.26. The fourth-order valence-electron chi connectivity index (χ4n) is 2.61. The van der Waals surface area contributed by atoms with Gasteiger partial charge in [-0.05, 0) is 52.9 Å². The van der Waals surface area contributed by atoms with Gasteiger partial charge in [0.2, 0.25) is 0 Å². The summed E-state index contributed by atoms with van der Waals surface area (Å²) in [7, 11) is 1.71. The molecule has 0 saturated carbocycles. The smallest absolute Gasteiger partial charge is 0.410 e. The lowest BCUT2D eigenvalue weighted by molar-refractivity contribution is 0.0187. The maximum absolute atomic E-state index is 12.1. The summed E-state index contributed by atoms with van der Waals surface area (Å²) in [6.07, 6.45) is 2.68. The van der Waals surface area contributed by atoms with Crippen LogP contribution in [0, 0.1) is 5.92 Å². The molecule has 0 aliphatic carbocycles. The lowest BCUT2D eigenvalue weighted by Crippen LogP contribution is -2.42. The monoisotopic (exact) mass is 484 g/mol. The van der Waals surface area contributed by atoms with Crippen molar-refractivity contribution in [3.05, 3.63) is 0 Å². The van der Waals surface area contributed by atoms with Gasteiger partial charge < -0.3 is 25.0 Å². The molecular weight excluding hydrogens is 447 g/mol. The molecule has 1 saturated heterocycles. The fraction of sp³-hybridized carbons (Fsp3) is 0.889. The number of amides is 1. The van der Waals surface area contributed by atoms with Crippen molar-refractivity contribution in [1.82, 2.24) is 15.5 Å². The lowest BCUT2D eigenvalue weighted by atomic mass is 9.97. The van der Waals surface area contributed by atoms with Gasteiger partial charge in [0.25, 0.3) is 0 Å². The summed E-state index contributed by atoms with van der Waals surface area (Å²) >= 11 is 0. The number of piperidine rings is 1. The number of likely N-dealkylation sites (tertiary alicyclic amines) is 1. The number of halogens is 1. The molecule has 1 fully saturated rings. The number of carbonyl (C=O) groups excluding carboxylic acids is 1. The number of rotatable bonds is 7. The van der Waals surface area contributed by atoms with E-state index in [4.69, 9.17) is 9.47 Å². The molecule has 0 radical (unpaired) electrons. The molecule has 26 heavy (non-hydrogen) atoms. The number of methoxy groups -OCH3 is 1. The third-order valence-corrected chi connectivity index (χ3v) is 3.94. The zero-order chi connectivity index (χ0) is 18.7. The molecule has 0 atom stereocenters. The van der Waals surface area contributed by atoms with Gasteiger partial charge in [0.15, 0.2) is 5.96 Å². The number of nitrogens with one attached hydrogen (secondary N) is 2. The van der Waals surface area contributed by atoms with E-state index in [2.05, 4.69) is 22.5 Å². The third-order valence-electron chi connectivity index (χ3n) is 3.94. The highest BCUT2D eigenvalue weighted by molar-refractivity contribution is 14.0. The van der Waals surface area contributed by atoms with Gasteiger partial charge in [-0.2, -0.15) is 0 Å². The lowest BCUT2D eigenvalue weighted by Gasteiger charge is -2.33. The molecule has 8 heteroatoms. The van der Waals surface area contributed by atoms with Crippen LogP contribution in [0.1, 0.15) is 47.0 Å². The van der Waals surface area contributed by atoms with Crippen molar-refractivity contribution in [1.29, 1.82) is 0 Å². The summed E-state index contributed by atoms with van der Waals surface area (Å²) in [5.41, 5.74) is -0.437. The molecular formula is C18H37IN4O3. The molecule has 2 N–H and O–H groups in total. The van der Waals surface area contributed by atoms with Crippen LogP contribution in [-0.2, 0) is 9.47 Å². The Labute approximate surface area is 175 Å². The Kier molecular flexibility index (Phi) is 13.0. The van der Waals surface area contributed by atoms with E-state index in [1.807, 2.05) is 20.8 Å². The SMILES string of the molecule is CCNC(=NCC1CCN(C(=O)OC(C)(C)C)CC1)NCCCOC.I. The summed E-state index contributed by atoms with van der Waals surface area (Å²) in [6.45, 7) is 12.4. The predicted molar refractivity (Wildman–Crippen MR) is 116 cm³/mol. The first-order valence-corrected chi connectivity index (χ1v) is 9.34. The van der Waals surface area contributed by atoms with Gasteiger partial charge in [-0.15, -0.1) is 24.0 Å². The quantitative estimate of drug-likeness (QED) is 0.252. The standard InChI is InChI=1S/C18H36N4O3.HI/c1-6-19-16(20-10-7-13-24-5)21-14-15-8-11-22(12-9-15)17(23)25-18(2,3)4;/h15H,6-14H2,1-5H3,(H2,19,20,21);1H. The molecule has 0 aromatic carbocycles. The molecule has 0 spiro atoms. The van der Waals surface area contributed by atoms with Gasteiger partial charge >= 0.3 is 6.09 Å². The van der Waals surface area contributed by atoms with Crippen LogP contribution in [0.4, 0.5) is 4.79 Å². The van der Waals surface area contributed by atoms with Crippen molar-refractivity contribution in [3.8, 4) is 0 Å². The van der Waals surface area contributed by atoms with E-state index in [9.17, 15) is 4.79 Å². The van der Waals surface area contributed by atoms with Gasteiger partial charge in [-0.25, -0.2) is 4.79 Å². The summed E-state index contributed by atoms with van der Waals surface area (Å²) in [4.78, 5) is 18.6. The Hall–Kier alpha value is -0.770. The van der Waals surface area contributed by atoms with Crippen LogP contribution in [0.3, 0.4) is 0 Å². The summed E-state index contributed by atoms with van der Waals surface area (Å²) < 4.78 is 10.5. The molecule has 154 valence electrons. The second-order valence-electron chi connectivity index (χ2n) is 7.40. The van der Waals surface area contributed by atoms with Crippen molar-refractivity contribution in [2.24, 2.45) is 10.9 Å². The Morgan fingerprint density at radius 1 is 1.23 bits per heavy atom. The van der Waals surface area contributed by atoms with Gasteiger partial charge in [0.1, 0.15) is 5.60 Å². The summed E-state index contributed by atoms with van der Waals surface area (Å²) in [6, 6.07) is 0. The fourth-order valence-corrected chi connectivity index (χ4v) is 2.61. The average molecular weight is 484 g/mol. The molecule has 7 nitrogen and oxygen atoms in total. The van der Waals surface area contributed by atoms with E-state index in [1.54, 1.807) is 12.0 Å². The van der Waals surface area contributed by atoms with Crippen molar-refractivity contribution < 1.29 is 14.3 Å². The molecule has 1 rings (SSSR count). The second-order valence-corrected chi connectivity index (χ2v) is 7.40. The van der Waals surface area contributed by atoms with E-state index < -0.39 is 5.60 Å². The first kappa shape index (κ1) is 25.2. The van der Waals surface area contributed by atoms with Crippen LogP contribution in [0.5, 0.6) is 0 Å². The minimum absolute atomic E-state index is 0. The maximum atomic E-state index is 12.1. The van der Waals surface area contributed by atoms with Crippen molar-refractivity contribution in [2.75, 3.05) is 46.4 Å². The number of guanidine groups is 1. The highest BCUT2D eigenvalue weighted by Crippen LogP contribution is 2.19. The van der Waals surface area contributed by atoms with Crippen LogP contribution >= 0.6 is 24.0 Å². The molecule has 0 bridgehead atoms. The summed E-state index contributed by atoms with van der Waals surface area (Å²) in [5, 5.41) is 6.59. The van der Waals surface area contributed by atoms with Crippen molar-refractivity contribution in [2.45, 2.75) is 52.6 Å².